The minimum Gasteiger partial charge on any atom is -0.395 e. The predicted molar refractivity (Wildman–Crippen MR) is 79.1 cm³/mol. The van der Waals surface area contributed by atoms with Gasteiger partial charge in [0.1, 0.15) is 12.2 Å². The molecule has 2 heterocycles. The summed E-state index contributed by atoms with van der Waals surface area (Å²) in [6.07, 6.45) is 0. The van der Waals surface area contributed by atoms with E-state index in [-0.39, 0.29) is 24.1 Å². The summed E-state index contributed by atoms with van der Waals surface area (Å²) in [5.41, 5.74) is 8.42. The largest absolute Gasteiger partial charge is 0.395 e. The van der Waals surface area contributed by atoms with Crippen LogP contribution in [-0.2, 0) is 11.8 Å². The number of nitrogen functional groups attached to an aromatic ring is 1. The zero-order valence-electron chi connectivity index (χ0n) is 11.8. The molecule has 0 unspecified atom stereocenters. The average molecular weight is 285 g/mol. The molecular weight excluding hydrogens is 270 g/mol. The molecule has 3 rings (SSSR count). The van der Waals surface area contributed by atoms with E-state index in [1.807, 2.05) is 6.07 Å². The van der Waals surface area contributed by atoms with E-state index in [2.05, 4.69) is 10.4 Å². The third-order valence-electron chi connectivity index (χ3n) is 3.49. The number of amides is 2. The van der Waals surface area contributed by atoms with Crippen LogP contribution in [0.5, 0.6) is 0 Å². The van der Waals surface area contributed by atoms with Gasteiger partial charge in [0.15, 0.2) is 0 Å². The molecule has 108 valence electrons. The maximum Gasteiger partial charge on any atom is 0.279 e. The van der Waals surface area contributed by atoms with E-state index in [1.165, 1.54) is 9.58 Å². The Kier molecular flexibility index (Phi) is 2.90. The monoisotopic (exact) mass is 285 g/mol. The van der Waals surface area contributed by atoms with E-state index < -0.39 is 0 Å². The van der Waals surface area contributed by atoms with Crippen LogP contribution in [0.2, 0.25) is 0 Å². The van der Waals surface area contributed by atoms with Crippen LogP contribution in [0.15, 0.2) is 24.3 Å². The maximum atomic E-state index is 12.8. The van der Waals surface area contributed by atoms with Gasteiger partial charge in [0.05, 0.1) is 22.8 Å². The molecule has 1 aliphatic rings. The molecule has 0 saturated heterocycles. The maximum absolute atomic E-state index is 12.8. The normalized spacial score (nSPS) is 13.8. The molecule has 2 aromatic rings. The summed E-state index contributed by atoms with van der Waals surface area (Å²) in [7, 11) is 1.66. The fourth-order valence-electron chi connectivity index (χ4n) is 2.47. The van der Waals surface area contributed by atoms with Gasteiger partial charge in [-0.3, -0.25) is 19.2 Å². The minimum atomic E-state index is -0.335. The molecule has 21 heavy (non-hydrogen) atoms. The fourth-order valence-corrected chi connectivity index (χ4v) is 2.47. The number of rotatable bonds is 1. The van der Waals surface area contributed by atoms with Crippen molar-refractivity contribution in [3.8, 4) is 0 Å². The Labute approximate surface area is 121 Å². The molecular formula is C14H15N5O2. The SMILES string of the molecule is Cc1nn(C)c(C(=O)N2CC(=O)Nc3ccccc32)c1N. The molecule has 0 aliphatic carbocycles. The molecule has 3 N–H and O–H groups in total. The Hall–Kier alpha value is -2.83. The number of nitrogens with zero attached hydrogens (tertiary/aromatic N) is 3. The summed E-state index contributed by atoms with van der Waals surface area (Å²) in [6.45, 7) is 1.70. The highest BCUT2D eigenvalue weighted by molar-refractivity contribution is 6.16. The Morgan fingerprint density at radius 3 is 2.76 bits per heavy atom. The van der Waals surface area contributed by atoms with Gasteiger partial charge >= 0.3 is 0 Å². The smallest absolute Gasteiger partial charge is 0.279 e. The van der Waals surface area contributed by atoms with Crippen LogP contribution in [0.3, 0.4) is 0 Å². The van der Waals surface area contributed by atoms with Gasteiger partial charge < -0.3 is 11.1 Å². The van der Waals surface area contributed by atoms with Crippen molar-refractivity contribution in [1.29, 1.82) is 0 Å². The Bertz CT molecular complexity index is 750. The van der Waals surface area contributed by atoms with E-state index in [1.54, 1.807) is 32.2 Å². The first-order chi connectivity index (χ1) is 9.99. The molecule has 7 nitrogen and oxygen atoms in total. The van der Waals surface area contributed by atoms with Crippen molar-refractivity contribution in [3.05, 3.63) is 35.7 Å². The van der Waals surface area contributed by atoms with Gasteiger partial charge in [-0.2, -0.15) is 5.10 Å². The molecule has 1 aliphatic heterocycles. The van der Waals surface area contributed by atoms with E-state index in [4.69, 9.17) is 5.73 Å². The standard InChI is InChI=1S/C14H15N5O2/c1-8-12(15)13(18(2)17-8)14(21)19-7-11(20)16-9-5-3-4-6-10(9)19/h3-6H,7,15H2,1-2H3,(H,16,20). The van der Waals surface area contributed by atoms with Crippen LogP contribution in [0.4, 0.5) is 17.1 Å². The second-order valence-corrected chi connectivity index (χ2v) is 4.93. The first kappa shape index (κ1) is 13.2. The van der Waals surface area contributed by atoms with Crippen molar-refractivity contribution in [3.63, 3.8) is 0 Å². The number of hydrogen-bond acceptors (Lipinski definition) is 4. The van der Waals surface area contributed by atoms with Crippen LogP contribution in [0.1, 0.15) is 16.2 Å². The molecule has 0 fully saturated rings. The third-order valence-corrected chi connectivity index (χ3v) is 3.49. The van der Waals surface area contributed by atoms with E-state index in [0.29, 0.717) is 22.8 Å². The van der Waals surface area contributed by atoms with Crippen molar-refractivity contribution in [2.45, 2.75) is 6.92 Å². The van der Waals surface area contributed by atoms with E-state index in [0.717, 1.165) is 0 Å². The summed E-state index contributed by atoms with van der Waals surface area (Å²) in [5.74, 6) is -0.572. The molecule has 0 atom stereocenters. The zero-order chi connectivity index (χ0) is 15.1. The fraction of sp³-hybridized carbons (Fsp3) is 0.214. The topological polar surface area (TPSA) is 93.2 Å². The van der Waals surface area contributed by atoms with Crippen molar-refractivity contribution >= 4 is 28.9 Å². The molecule has 0 saturated carbocycles. The van der Waals surface area contributed by atoms with E-state index >= 15 is 0 Å². The van der Waals surface area contributed by atoms with Gasteiger partial charge in [-0.05, 0) is 19.1 Å². The number of aromatic nitrogens is 2. The van der Waals surface area contributed by atoms with Crippen LogP contribution in [0.25, 0.3) is 0 Å². The van der Waals surface area contributed by atoms with Gasteiger partial charge in [-0.15, -0.1) is 0 Å². The van der Waals surface area contributed by atoms with Crippen molar-refractivity contribution in [2.24, 2.45) is 7.05 Å². The second-order valence-electron chi connectivity index (χ2n) is 4.93. The summed E-state index contributed by atoms with van der Waals surface area (Å²) in [4.78, 5) is 26.0. The van der Waals surface area contributed by atoms with Gasteiger partial charge in [0, 0.05) is 7.05 Å². The van der Waals surface area contributed by atoms with Gasteiger partial charge in [-0.1, -0.05) is 12.1 Å². The molecule has 7 heteroatoms. The number of carbonyl (C=O) groups excluding carboxylic acids is 2. The lowest BCUT2D eigenvalue weighted by molar-refractivity contribution is -0.115. The molecule has 0 bridgehead atoms. The number of carbonyl (C=O) groups is 2. The van der Waals surface area contributed by atoms with Crippen molar-refractivity contribution in [2.75, 3.05) is 22.5 Å². The lowest BCUT2D eigenvalue weighted by Crippen LogP contribution is -2.43. The number of fused-ring (bicyclic) bond motifs is 1. The number of benzene rings is 1. The van der Waals surface area contributed by atoms with Crippen molar-refractivity contribution in [1.82, 2.24) is 9.78 Å². The second kappa shape index (κ2) is 4.62. The molecule has 1 aromatic heterocycles. The van der Waals surface area contributed by atoms with Crippen LogP contribution >= 0.6 is 0 Å². The first-order valence-electron chi connectivity index (χ1n) is 6.49. The number of para-hydroxylation sites is 2. The van der Waals surface area contributed by atoms with Gasteiger partial charge in [-0.25, -0.2) is 0 Å². The average Bonchev–Trinajstić information content (AvgIpc) is 2.70. The Balaban J connectivity index is 2.08. The molecule has 1 aromatic carbocycles. The van der Waals surface area contributed by atoms with E-state index in [9.17, 15) is 9.59 Å². The lowest BCUT2D eigenvalue weighted by atomic mass is 10.1. The number of nitrogens with one attached hydrogen (secondary N) is 1. The molecule has 0 radical (unpaired) electrons. The summed E-state index contributed by atoms with van der Waals surface area (Å²) < 4.78 is 1.45. The molecule has 0 spiro atoms. The highest BCUT2D eigenvalue weighted by atomic mass is 16.2. The first-order valence-corrected chi connectivity index (χ1v) is 6.49. The highest BCUT2D eigenvalue weighted by Gasteiger charge is 2.30. The lowest BCUT2D eigenvalue weighted by Gasteiger charge is -2.29. The van der Waals surface area contributed by atoms with Crippen LogP contribution < -0.4 is 16.0 Å². The number of hydrogen-bond donors (Lipinski definition) is 2. The highest BCUT2D eigenvalue weighted by Crippen LogP contribution is 2.31. The number of nitrogens with two attached hydrogens (primary N) is 1. The quantitative estimate of drug-likeness (QED) is 0.814. The minimum absolute atomic E-state index is 0.0421. The number of aryl methyl sites for hydroxylation is 2. The van der Waals surface area contributed by atoms with Gasteiger partial charge in [0.25, 0.3) is 5.91 Å². The third kappa shape index (κ3) is 2.03. The van der Waals surface area contributed by atoms with Crippen LogP contribution in [0, 0.1) is 6.92 Å². The Morgan fingerprint density at radius 2 is 2.10 bits per heavy atom. The summed E-state index contributed by atoms with van der Waals surface area (Å²) >= 11 is 0. The van der Waals surface area contributed by atoms with Gasteiger partial charge in [0.2, 0.25) is 5.91 Å². The van der Waals surface area contributed by atoms with Crippen LogP contribution in [-0.4, -0.2) is 28.1 Å². The predicted octanol–water partition coefficient (Wildman–Crippen LogP) is 0.910. The molecule has 2 amide bonds. The number of anilines is 3. The summed E-state index contributed by atoms with van der Waals surface area (Å²) in [5, 5.41) is 6.89. The zero-order valence-corrected chi connectivity index (χ0v) is 11.8. The van der Waals surface area contributed by atoms with Crippen molar-refractivity contribution < 1.29 is 9.59 Å². The summed E-state index contributed by atoms with van der Waals surface area (Å²) in [6, 6.07) is 7.15. The Morgan fingerprint density at radius 1 is 1.38 bits per heavy atom.